The fourth-order valence-electron chi connectivity index (χ4n) is 9.01. The highest BCUT2D eigenvalue weighted by Gasteiger charge is 2.59. The molecule has 0 radical (unpaired) electrons. The van der Waals surface area contributed by atoms with Gasteiger partial charge in [-0.2, -0.15) is 0 Å². The Kier molecular flexibility index (Phi) is 7.76. The second kappa shape index (κ2) is 10.3. The molecule has 0 bridgehead atoms. The van der Waals surface area contributed by atoms with Crippen LogP contribution in [0.1, 0.15) is 112 Å². The first kappa shape index (κ1) is 25.7. The van der Waals surface area contributed by atoms with E-state index in [1.54, 1.807) is 12.5 Å². The first-order valence-electron chi connectivity index (χ1n) is 14.2. The van der Waals surface area contributed by atoms with Gasteiger partial charge in [0.1, 0.15) is 12.2 Å². The zero-order chi connectivity index (χ0) is 24.5. The van der Waals surface area contributed by atoms with Gasteiger partial charge in [0.2, 0.25) is 0 Å². The quantitative estimate of drug-likeness (QED) is 0.222. The highest BCUT2D eigenvalue weighted by molar-refractivity contribution is 5.61. The summed E-state index contributed by atoms with van der Waals surface area (Å²) < 4.78 is 10.4. The Morgan fingerprint density at radius 2 is 1.88 bits per heavy atom. The van der Waals surface area contributed by atoms with Crippen LogP contribution >= 0.6 is 0 Å². The second-order valence-corrected chi connectivity index (χ2v) is 13.0. The smallest absolute Gasteiger partial charge is 0.430 e. The molecule has 3 fully saturated rings. The lowest BCUT2D eigenvalue weighted by Crippen LogP contribution is -2.51. The summed E-state index contributed by atoms with van der Waals surface area (Å²) in [5.41, 5.74) is 2.35. The fraction of sp³-hybridized carbons (Fsp3) is 0.839. The molecule has 0 heterocycles. The van der Waals surface area contributed by atoms with Gasteiger partial charge in [0, 0.05) is 13.3 Å². The van der Waals surface area contributed by atoms with Crippen molar-refractivity contribution in [2.45, 2.75) is 118 Å². The number of carbonyl (C=O) groups is 1. The van der Waals surface area contributed by atoms with Gasteiger partial charge in [-0.3, -0.25) is 0 Å². The van der Waals surface area contributed by atoms with Gasteiger partial charge in [0.25, 0.3) is 0 Å². The molecule has 3 saturated carbocycles. The summed E-state index contributed by atoms with van der Waals surface area (Å²) in [6, 6.07) is 0. The lowest BCUT2D eigenvalue weighted by atomic mass is 9.47. The van der Waals surface area contributed by atoms with Gasteiger partial charge in [-0.15, -0.1) is 0 Å². The number of carbonyl (C=O) groups excluding carboxylic acids is 1. The molecule has 190 valence electrons. The van der Waals surface area contributed by atoms with Crippen LogP contribution in [0.25, 0.3) is 0 Å². The molecule has 0 aromatic rings. The number of fused-ring (bicyclic) bond motifs is 5. The molecule has 4 aliphatic carbocycles. The zero-order valence-electron chi connectivity index (χ0n) is 22.6. The highest BCUT2D eigenvalue weighted by atomic mass is 16.7. The van der Waals surface area contributed by atoms with Crippen LogP contribution in [0.2, 0.25) is 0 Å². The van der Waals surface area contributed by atoms with Gasteiger partial charge in [-0.1, -0.05) is 71.5 Å². The number of hydrogen-bond acceptors (Lipinski definition) is 3. The van der Waals surface area contributed by atoms with Crippen LogP contribution < -0.4 is 0 Å². The van der Waals surface area contributed by atoms with E-state index in [1.165, 1.54) is 51.4 Å². The molecule has 0 aromatic carbocycles. The maximum absolute atomic E-state index is 11.9. The Hall–Kier alpha value is -1.43. The third-order valence-electron chi connectivity index (χ3n) is 10.8. The molecule has 3 heteroatoms. The van der Waals surface area contributed by atoms with Crippen LogP contribution in [0.15, 0.2) is 11.6 Å². The summed E-state index contributed by atoms with van der Waals surface area (Å²) in [4.78, 5) is 11.9. The molecule has 34 heavy (non-hydrogen) atoms. The average molecular weight is 469 g/mol. The first-order chi connectivity index (χ1) is 16.2. The van der Waals surface area contributed by atoms with Crippen LogP contribution in [0.3, 0.4) is 0 Å². The molecule has 8 atom stereocenters. The fourth-order valence-corrected chi connectivity index (χ4v) is 9.01. The van der Waals surface area contributed by atoms with E-state index in [9.17, 15) is 4.79 Å². The average Bonchev–Trinajstić information content (AvgIpc) is 3.15. The number of ether oxygens (including phenoxy) is 2. The van der Waals surface area contributed by atoms with Crippen molar-refractivity contribution in [1.29, 1.82) is 0 Å². The Balaban J connectivity index is 1.43. The van der Waals surface area contributed by atoms with Crippen LogP contribution in [-0.2, 0) is 9.47 Å². The predicted molar refractivity (Wildman–Crippen MR) is 138 cm³/mol. The maximum atomic E-state index is 11.9. The number of allylic oxidation sites excluding steroid dienone is 1. The minimum absolute atomic E-state index is 0.0709. The third kappa shape index (κ3) is 4.81. The van der Waals surface area contributed by atoms with Crippen molar-refractivity contribution in [1.82, 2.24) is 0 Å². The third-order valence-corrected chi connectivity index (χ3v) is 10.8. The molecule has 4 aliphatic rings. The molecule has 0 spiro atoms. The van der Waals surface area contributed by atoms with E-state index in [2.05, 4.69) is 52.7 Å². The molecule has 0 saturated heterocycles. The van der Waals surface area contributed by atoms with E-state index < -0.39 is 6.16 Å². The Bertz CT molecular complexity index is 831. The van der Waals surface area contributed by atoms with Crippen molar-refractivity contribution >= 4 is 6.16 Å². The summed E-state index contributed by atoms with van der Waals surface area (Å²) in [6.45, 7) is 14.1. The van der Waals surface area contributed by atoms with E-state index >= 15 is 0 Å². The summed E-state index contributed by atoms with van der Waals surface area (Å²) in [6.07, 6.45) is 18.2. The van der Waals surface area contributed by atoms with E-state index in [-0.39, 0.29) is 11.5 Å². The topological polar surface area (TPSA) is 35.5 Å². The first-order valence-corrected chi connectivity index (χ1v) is 14.2. The van der Waals surface area contributed by atoms with Gasteiger partial charge in [0.15, 0.2) is 0 Å². The van der Waals surface area contributed by atoms with Crippen molar-refractivity contribution in [2.24, 2.45) is 46.3 Å². The molecule has 0 N–H and O–H groups in total. The van der Waals surface area contributed by atoms with Crippen molar-refractivity contribution in [3.8, 4) is 12.0 Å². The van der Waals surface area contributed by atoms with Gasteiger partial charge >= 0.3 is 6.16 Å². The van der Waals surface area contributed by atoms with Gasteiger partial charge in [0.05, 0.1) is 0 Å². The van der Waals surface area contributed by atoms with Crippen LogP contribution in [0, 0.1) is 58.4 Å². The van der Waals surface area contributed by atoms with E-state index in [1.807, 2.05) is 0 Å². The summed E-state index contributed by atoms with van der Waals surface area (Å²) in [5.74, 6) is 7.69. The van der Waals surface area contributed by atoms with Gasteiger partial charge in [-0.25, -0.2) is 4.79 Å². The van der Waals surface area contributed by atoms with Crippen molar-refractivity contribution in [2.75, 3.05) is 0 Å². The standard InChI is InChI=1S/C31H48O3/c1-7-19-33-29(32)34-24-15-17-30(5)23(20-24)11-12-25-27-14-13-26(22(4)10-8-9-21(2)3)31(27,6)18-16-28(25)30/h11,21-22,24-28H,8-10,12-18,20H2,1-6H3/t22-,24?,25?,26-,27?,28?,30+,31-/m1/s1. The second-order valence-electron chi connectivity index (χ2n) is 13.0. The SMILES string of the molecule is CC#COC(=O)OC1CC[C@@]2(C)C(=CCC3C2CC[C@@]2(C)C3CC[C@@H]2[C@H](C)CCCC(C)C)C1. The summed E-state index contributed by atoms with van der Waals surface area (Å²) in [7, 11) is 0. The van der Waals surface area contributed by atoms with Crippen LogP contribution in [0.5, 0.6) is 0 Å². The molecule has 4 unspecified atom stereocenters. The maximum Gasteiger partial charge on any atom is 0.522 e. The Labute approximate surface area is 208 Å². The number of rotatable bonds is 6. The van der Waals surface area contributed by atoms with E-state index in [0.717, 1.165) is 54.8 Å². The minimum atomic E-state index is -0.648. The molecule has 0 amide bonds. The zero-order valence-corrected chi connectivity index (χ0v) is 22.6. The molecular formula is C31H48O3. The van der Waals surface area contributed by atoms with E-state index in [0.29, 0.717) is 5.41 Å². The Morgan fingerprint density at radius 1 is 1.09 bits per heavy atom. The van der Waals surface area contributed by atoms with Crippen molar-refractivity contribution in [3.05, 3.63) is 11.6 Å². The summed E-state index contributed by atoms with van der Waals surface area (Å²) >= 11 is 0. The largest absolute Gasteiger partial charge is 0.522 e. The van der Waals surface area contributed by atoms with Crippen LogP contribution in [0.4, 0.5) is 4.79 Å². The normalized spacial score (nSPS) is 39.6. The molecule has 0 aliphatic heterocycles. The molecule has 3 nitrogen and oxygen atoms in total. The number of hydrogen-bond donors (Lipinski definition) is 0. The Morgan fingerprint density at radius 3 is 2.62 bits per heavy atom. The lowest BCUT2D eigenvalue weighted by Gasteiger charge is -2.58. The molecule has 4 rings (SSSR count). The lowest BCUT2D eigenvalue weighted by molar-refractivity contribution is -0.0601. The molecular weight excluding hydrogens is 420 g/mol. The van der Waals surface area contributed by atoms with Gasteiger partial charge < -0.3 is 9.47 Å². The van der Waals surface area contributed by atoms with Gasteiger partial charge in [-0.05, 0) is 91.3 Å². The van der Waals surface area contributed by atoms with Crippen molar-refractivity contribution in [3.63, 3.8) is 0 Å². The monoisotopic (exact) mass is 468 g/mol. The van der Waals surface area contributed by atoms with E-state index in [4.69, 9.17) is 9.47 Å². The minimum Gasteiger partial charge on any atom is -0.430 e. The predicted octanol–water partition coefficient (Wildman–Crippen LogP) is 8.53. The van der Waals surface area contributed by atoms with Crippen LogP contribution in [-0.4, -0.2) is 12.3 Å². The van der Waals surface area contributed by atoms with Crippen molar-refractivity contribution < 1.29 is 14.3 Å². The summed E-state index contributed by atoms with van der Waals surface area (Å²) in [5, 5.41) is 0. The molecule has 0 aromatic heterocycles. The highest BCUT2D eigenvalue weighted by Crippen LogP contribution is 2.67.